The summed E-state index contributed by atoms with van der Waals surface area (Å²) in [4.78, 5) is 10.4. The van der Waals surface area contributed by atoms with Crippen LogP contribution in [0.4, 0.5) is 0 Å². The van der Waals surface area contributed by atoms with Gasteiger partial charge in [-0.1, -0.05) is 12.1 Å². The fraction of sp³-hybridized carbons (Fsp3) is 0.667. The molecule has 1 aromatic rings. The van der Waals surface area contributed by atoms with E-state index in [1.54, 1.807) is 10.9 Å². The molecule has 0 spiro atoms. The summed E-state index contributed by atoms with van der Waals surface area (Å²) >= 11 is 1.89. The van der Waals surface area contributed by atoms with Gasteiger partial charge in [0, 0.05) is 12.7 Å². The lowest BCUT2D eigenvalue weighted by molar-refractivity contribution is -0.136. The summed E-state index contributed by atoms with van der Waals surface area (Å²) < 4.78 is 1.70. The molecule has 0 saturated carbocycles. The largest absolute Gasteiger partial charge is 0.481 e. The van der Waals surface area contributed by atoms with Gasteiger partial charge in [-0.25, -0.2) is 0 Å². The minimum Gasteiger partial charge on any atom is -0.481 e. The van der Waals surface area contributed by atoms with Crippen molar-refractivity contribution in [3.63, 3.8) is 0 Å². The van der Waals surface area contributed by atoms with Gasteiger partial charge < -0.3 is 5.11 Å². The lowest BCUT2D eigenvalue weighted by atomic mass is 10.3. The third-order valence-electron chi connectivity index (χ3n) is 1.80. The number of rotatable bonds is 7. The second-order valence-corrected chi connectivity index (χ2v) is 4.49. The third kappa shape index (κ3) is 4.83. The van der Waals surface area contributed by atoms with E-state index < -0.39 is 5.97 Å². The highest BCUT2D eigenvalue weighted by atomic mass is 32.2. The van der Waals surface area contributed by atoms with Gasteiger partial charge in [-0.05, 0) is 17.9 Å². The van der Waals surface area contributed by atoms with Crippen LogP contribution in [0.2, 0.25) is 0 Å². The summed E-state index contributed by atoms with van der Waals surface area (Å²) in [6, 6.07) is 0. The fourth-order valence-electron chi connectivity index (χ4n) is 1.16. The van der Waals surface area contributed by atoms with Gasteiger partial charge in [0.1, 0.15) is 0 Å². The van der Waals surface area contributed by atoms with E-state index in [2.05, 4.69) is 17.2 Å². The Bertz CT molecular complexity index is 314. The smallest absolute Gasteiger partial charge is 0.309 e. The molecule has 1 rings (SSSR count). The van der Waals surface area contributed by atoms with E-state index in [0.717, 1.165) is 24.5 Å². The molecule has 0 radical (unpaired) electrons. The first-order valence-electron chi connectivity index (χ1n) is 4.91. The first-order chi connectivity index (χ1) is 7.22. The number of aromatic nitrogens is 3. The van der Waals surface area contributed by atoms with Crippen LogP contribution < -0.4 is 0 Å². The normalized spacial score (nSPS) is 10.5. The van der Waals surface area contributed by atoms with Crippen molar-refractivity contribution in [1.82, 2.24) is 15.0 Å². The summed E-state index contributed by atoms with van der Waals surface area (Å²) in [7, 11) is 0. The monoisotopic (exact) mass is 229 g/mol. The van der Waals surface area contributed by atoms with Crippen molar-refractivity contribution in [1.29, 1.82) is 0 Å². The highest BCUT2D eigenvalue weighted by Gasteiger charge is 2.04. The highest BCUT2D eigenvalue weighted by molar-refractivity contribution is 7.99. The molecule has 1 aromatic heterocycles. The third-order valence-corrected chi connectivity index (χ3v) is 2.78. The Hall–Kier alpha value is -1.04. The van der Waals surface area contributed by atoms with E-state index in [1.807, 2.05) is 11.8 Å². The van der Waals surface area contributed by atoms with Gasteiger partial charge in [-0.3, -0.25) is 9.48 Å². The lowest BCUT2D eigenvalue weighted by Crippen LogP contribution is -2.00. The lowest BCUT2D eigenvalue weighted by Gasteiger charge is -1.98. The van der Waals surface area contributed by atoms with Gasteiger partial charge in [0.05, 0.1) is 12.1 Å². The molecule has 1 heterocycles. The summed E-state index contributed by atoms with van der Waals surface area (Å²) in [6.45, 7) is 2.94. The predicted octanol–water partition coefficient (Wildman–Crippen LogP) is 1.05. The number of carboxylic acids is 1. The number of thioether (sulfide) groups is 1. The maximum absolute atomic E-state index is 10.4. The molecule has 84 valence electrons. The molecule has 15 heavy (non-hydrogen) atoms. The van der Waals surface area contributed by atoms with Gasteiger partial charge >= 0.3 is 5.97 Å². The Labute approximate surface area is 92.9 Å². The quantitative estimate of drug-likeness (QED) is 0.708. The average molecular weight is 229 g/mol. The van der Waals surface area contributed by atoms with Gasteiger partial charge in [0.15, 0.2) is 0 Å². The zero-order valence-electron chi connectivity index (χ0n) is 8.72. The first kappa shape index (κ1) is 12.0. The molecule has 0 aliphatic heterocycles. The fourth-order valence-corrected chi connectivity index (χ4v) is 1.78. The Balaban J connectivity index is 2.29. The van der Waals surface area contributed by atoms with Crippen molar-refractivity contribution in [3.8, 4) is 0 Å². The summed E-state index contributed by atoms with van der Waals surface area (Å²) in [5.74, 6) is 1.36. The van der Waals surface area contributed by atoms with Gasteiger partial charge in [-0.15, -0.1) is 5.10 Å². The van der Waals surface area contributed by atoms with Crippen molar-refractivity contribution >= 4 is 17.7 Å². The molecule has 0 atom stereocenters. The van der Waals surface area contributed by atoms with Gasteiger partial charge in [-0.2, -0.15) is 11.8 Å². The summed E-state index contributed by atoms with van der Waals surface area (Å²) in [5, 5.41) is 16.2. The van der Waals surface area contributed by atoms with Crippen LogP contribution in [0.1, 0.15) is 19.0 Å². The molecular weight excluding hydrogens is 214 g/mol. The number of nitrogens with zero attached hydrogens (tertiary/aromatic N) is 3. The van der Waals surface area contributed by atoms with E-state index in [-0.39, 0.29) is 6.42 Å². The Morgan fingerprint density at radius 3 is 3.13 bits per heavy atom. The molecule has 0 fully saturated rings. The predicted molar refractivity (Wildman–Crippen MR) is 59.0 cm³/mol. The van der Waals surface area contributed by atoms with Crippen molar-refractivity contribution < 1.29 is 9.90 Å². The summed E-state index contributed by atoms with van der Waals surface area (Å²) in [6.07, 6.45) is 2.68. The van der Waals surface area contributed by atoms with Gasteiger partial charge in [0.25, 0.3) is 0 Å². The van der Waals surface area contributed by atoms with Crippen LogP contribution >= 0.6 is 11.8 Å². The highest BCUT2D eigenvalue weighted by Crippen LogP contribution is 2.03. The molecule has 1 N–H and O–H groups in total. The Morgan fingerprint density at radius 1 is 1.67 bits per heavy atom. The van der Waals surface area contributed by atoms with Gasteiger partial charge in [0.2, 0.25) is 0 Å². The molecule has 0 aliphatic carbocycles. The van der Waals surface area contributed by atoms with Crippen LogP contribution in [-0.2, 0) is 17.8 Å². The average Bonchev–Trinajstić information content (AvgIpc) is 2.59. The standard InChI is InChI=1S/C9H15N3O2S/c1-2-15-5-3-4-12-7-8(10-11-12)6-9(13)14/h7H,2-6H2,1H3,(H,13,14). The van der Waals surface area contributed by atoms with Crippen LogP contribution in [0.3, 0.4) is 0 Å². The summed E-state index contributed by atoms with van der Waals surface area (Å²) in [5.41, 5.74) is 0.519. The van der Waals surface area contributed by atoms with Crippen LogP contribution in [0, 0.1) is 0 Å². The van der Waals surface area contributed by atoms with Crippen LogP contribution in [0.25, 0.3) is 0 Å². The molecule has 0 aromatic carbocycles. The molecule has 0 amide bonds. The van der Waals surface area contributed by atoms with E-state index in [1.165, 1.54) is 0 Å². The van der Waals surface area contributed by atoms with Crippen molar-refractivity contribution in [2.75, 3.05) is 11.5 Å². The molecule has 0 unspecified atom stereocenters. The van der Waals surface area contributed by atoms with E-state index in [4.69, 9.17) is 5.11 Å². The molecule has 0 saturated heterocycles. The van der Waals surface area contributed by atoms with Crippen molar-refractivity contribution in [2.45, 2.75) is 26.3 Å². The van der Waals surface area contributed by atoms with Crippen LogP contribution in [-0.4, -0.2) is 37.6 Å². The van der Waals surface area contributed by atoms with E-state index in [0.29, 0.717) is 5.69 Å². The van der Waals surface area contributed by atoms with E-state index >= 15 is 0 Å². The topological polar surface area (TPSA) is 68.0 Å². The van der Waals surface area contributed by atoms with Crippen LogP contribution in [0.15, 0.2) is 6.20 Å². The number of hydrogen-bond acceptors (Lipinski definition) is 4. The number of carboxylic acid groups (broad SMARTS) is 1. The second kappa shape index (κ2) is 6.44. The number of hydrogen-bond donors (Lipinski definition) is 1. The molecule has 0 bridgehead atoms. The maximum Gasteiger partial charge on any atom is 0.309 e. The van der Waals surface area contributed by atoms with Crippen LogP contribution in [0.5, 0.6) is 0 Å². The number of aryl methyl sites for hydroxylation is 1. The molecule has 5 nitrogen and oxygen atoms in total. The SMILES string of the molecule is CCSCCCn1cc(CC(=O)O)nn1. The molecule has 0 aliphatic rings. The number of carbonyl (C=O) groups is 1. The zero-order chi connectivity index (χ0) is 11.1. The van der Waals surface area contributed by atoms with Crippen molar-refractivity contribution in [3.05, 3.63) is 11.9 Å². The Morgan fingerprint density at radius 2 is 2.47 bits per heavy atom. The molecular formula is C9H15N3O2S. The minimum absolute atomic E-state index is 0.0519. The molecule has 6 heteroatoms. The Kier molecular flexibility index (Phi) is 5.17. The van der Waals surface area contributed by atoms with E-state index in [9.17, 15) is 4.79 Å². The second-order valence-electron chi connectivity index (χ2n) is 3.09. The van der Waals surface area contributed by atoms with Crippen molar-refractivity contribution in [2.24, 2.45) is 0 Å². The zero-order valence-corrected chi connectivity index (χ0v) is 9.53. The minimum atomic E-state index is -0.872. The maximum atomic E-state index is 10.4. The number of aliphatic carboxylic acids is 1. The first-order valence-corrected chi connectivity index (χ1v) is 6.06.